The first kappa shape index (κ1) is 19.4. The third-order valence-electron chi connectivity index (χ3n) is 4.89. The van der Waals surface area contributed by atoms with Gasteiger partial charge in [-0.25, -0.2) is 0 Å². The second kappa shape index (κ2) is 8.61. The summed E-state index contributed by atoms with van der Waals surface area (Å²) in [5.74, 6) is 0.489. The number of carbonyl (C=O) groups excluding carboxylic acids is 1. The first-order chi connectivity index (χ1) is 14.6. The fourth-order valence-corrected chi connectivity index (χ4v) is 3.24. The highest BCUT2D eigenvalue weighted by Gasteiger charge is 2.20. The lowest BCUT2D eigenvalue weighted by molar-refractivity contribution is 0.0938. The van der Waals surface area contributed by atoms with Crippen LogP contribution in [0.15, 0.2) is 79.1 Å². The smallest absolute Gasteiger partial charge is 0.270 e. The minimum atomic E-state index is -0.324. The fraction of sp³-hybridized carbons (Fsp3) is 0.125. The number of hydrogen-bond donors (Lipinski definition) is 2. The van der Waals surface area contributed by atoms with E-state index in [1.807, 2.05) is 67.6 Å². The third-order valence-corrected chi connectivity index (χ3v) is 4.89. The molecule has 0 saturated heterocycles. The Kier molecular flexibility index (Phi) is 5.57. The number of benzene rings is 2. The van der Waals surface area contributed by atoms with Crippen LogP contribution in [0.4, 0.5) is 0 Å². The summed E-state index contributed by atoms with van der Waals surface area (Å²) in [5.41, 5.74) is 4.97. The van der Waals surface area contributed by atoms with E-state index in [2.05, 4.69) is 20.5 Å². The summed E-state index contributed by atoms with van der Waals surface area (Å²) in [6.07, 6.45) is 3.48. The average Bonchev–Trinajstić information content (AvgIpc) is 3.29. The average molecular weight is 398 g/mol. The molecule has 4 aromatic rings. The molecule has 150 valence electrons. The molecule has 1 atom stereocenters. The van der Waals surface area contributed by atoms with Gasteiger partial charge in [-0.3, -0.25) is 14.9 Å². The van der Waals surface area contributed by atoms with Crippen LogP contribution in [0.2, 0.25) is 0 Å². The van der Waals surface area contributed by atoms with Gasteiger partial charge >= 0.3 is 0 Å². The summed E-state index contributed by atoms with van der Waals surface area (Å²) >= 11 is 0. The summed E-state index contributed by atoms with van der Waals surface area (Å²) in [6.45, 7) is 2.03. The van der Waals surface area contributed by atoms with E-state index in [0.717, 1.165) is 28.0 Å². The lowest BCUT2D eigenvalue weighted by atomic mass is 9.99. The van der Waals surface area contributed by atoms with Crippen molar-refractivity contribution in [2.45, 2.75) is 13.0 Å². The Morgan fingerprint density at radius 2 is 1.87 bits per heavy atom. The van der Waals surface area contributed by atoms with Gasteiger partial charge in [0.15, 0.2) is 0 Å². The van der Waals surface area contributed by atoms with Gasteiger partial charge in [-0.2, -0.15) is 5.10 Å². The molecule has 2 N–H and O–H groups in total. The highest BCUT2D eigenvalue weighted by atomic mass is 16.5. The SMILES string of the molecule is COc1cccc(-c2cc(C(=O)N[C@H](c3ccc(C)cc3)c3cccnc3)[nH]n2)c1. The van der Waals surface area contributed by atoms with E-state index in [1.54, 1.807) is 25.6 Å². The zero-order valence-corrected chi connectivity index (χ0v) is 16.8. The molecule has 6 heteroatoms. The Bertz CT molecular complexity index is 1140. The van der Waals surface area contributed by atoms with Gasteiger partial charge in [0.05, 0.1) is 18.8 Å². The molecule has 0 bridgehead atoms. The largest absolute Gasteiger partial charge is 0.497 e. The van der Waals surface area contributed by atoms with Crippen molar-refractivity contribution >= 4 is 5.91 Å². The van der Waals surface area contributed by atoms with Gasteiger partial charge in [-0.1, -0.05) is 48.0 Å². The number of H-pyrrole nitrogens is 1. The van der Waals surface area contributed by atoms with E-state index in [9.17, 15) is 4.79 Å². The standard InChI is InChI=1S/C24H22N4O2/c1-16-8-10-17(11-9-16)23(19-6-4-12-25-15-19)26-24(29)22-14-21(27-28-22)18-5-3-7-20(13-18)30-2/h3-15,23H,1-2H3,(H,26,29)(H,27,28)/t23-/m1/s1. The molecule has 0 radical (unpaired) electrons. The molecular weight excluding hydrogens is 376 g/mol. The zero-order chi connectivity index (χ0) is 20.9. The molecule has 0 aliphatic carbocycles. The third kappa shape index (κ3) is 4.22. The predicted octanol–water partition coefficient (Wildman–Crippen LogP) is 4.31. The minimum absolute atomic E-state index is 0.244. The number of ether oxygens (including phenoxy) is 1. The Morgan fingerprint density at radius 1 is 1.03 bits per heavy atom. The number of nitrogens with zero attached hydrogens (tertiary/aromatic N) is 2. The second-order valence-corrected chi connectivity index (χ2v) is 7.00. The van der Waals surface area contributed by atoms with Gasteiger partial charge < -0.3 is 10.1 Å². The normalized spacial score (nSPS) is 11.7. The molecule has 6 nitrogen and oxygen atoms in total. The number of pyridine rings is 1. The van der Waals surface area contributed by atoms with Crippen molar-refractivity contribution in [1.82, 2.24) is 20.5 Å². The van der Waals surface area contributed by atoms with Gasteiger partial charge in [0.1, 0.15) is 11.4 Å². The molecule has 0 aliphatic heterocycles. The molecule has 0 aliphatic rings. The number of carbonyl (C=O) groups is 1. The Morgan fingerprint density at radius 3 is 2.60 bits per heavy atom. The van der Waals surface area contributed by atoms with Crippen molar-refractivity contribution < 1.29 is 9.53 Å². The van der Waals surface area contributed by atoms with Crippen molar-refractivity contribution in [3.63, 3.8) is 0 Å². The van der Waals surface area contributed by atoms with E-state index in [0.29, 0.717) is 11.4 Å². The first-order valence-electron chi connectivity index (χ1n) is 9.61. The molecule has 0 fully saturated rings. The fourth-order valence-electron chi connectivity index (χ4n) is 3.24. The molecule has 2 aromatic heterocycles. The number of aromatic nitrogens is 3. The minimum Gasteiger partial charge on any atom is -0.497 e. The van der Waals surface area contributed by atoms with E-state index in [-0.39, 0.29) is 11.9 Å². The molecular formula is C24H22N4O2. The Hall–Kier alpha value is -3.93. The van der Waals surface area contributed by atoms with E-state index in [4.69, 9.17) is 4.74 Å². The monoisotopic (exact) mass is 398 g/mol. The number of nitrogens with one attached hydrogen (secondary N) is 2. The van der Waals surface area contributed by atoms with Crippen molar-refractivity contribution in [3.05, 3.63) is 102 Å². The number of aromatic amines is 1. The number of methoxy groups -OCH3 is 1. The summed E-state index contributed by atoms with van der Waals surface area (Å²) in [6, 6.07) is 20.9. The predicted molar refractivity (Wildman–Crippen MR) is 115 cm³/mol. The van der Waals surface area contributed by atoms with Crippen LogP contribution >= 0.6 is 0 Å². The molecule has 0 unspecified atom stereocenters. The van der Waals surface area contributed by atoms with Gasteiger partial charge in [0.2, 0.25) is 0 Å². The van der Waals surface area contributed by atoms with Crippen molar-refractivity contribution in [1.29, 1.82) is 0 Å². The first-order valence-corrected chi connectivity index (χ1v) is 9.61. The zero-order valence-electron chi connectivity index (χ0n) is 16.8. The molecule has 2 heterocycles. The van der Waals surface area contributed by atoms with E-state index in [1.165, 1.54) is 0 Å². The van der Waals surface area contributed by atoms with Gasteiger partial charge in [0, 0.05) is 18.0 Å². The van der Waals surface area contributed by atoms with Crippen LogP contribution < -0.4 is 10.1 Å². The lowest BCUT2D eigenvalue weighted by Gasteiger charge is -2.19. The van der Waals surface area contributed by atoms with Crippen LogP contribution in [0.1, 0.15) is 33.2 Å². The van der Waals surface area contributed by atoms with Gasteiger partial charge in [-0.05, 0) is 42.3 Å². The quantitative estimate of drug-likeness (QED) is 0.507. The molecule has 0 spiro atoms. The van der Waals surface area contributed by atoms with E-state index < -0.39 is 0 Å². The number of hydrogen-bond acceptors (Lipinski definition) is 4. The highest BCUT2D eigenvalue weighted by Crippen LogP contribution is 2.24. The van der Waals surface area contributed by atoms with Crippen LogP contribution in [0.3, 0.4) is 0 Å². The lowest BCUT2D eigenvalue weighted by Crippen LogP contribution is -2.29. The maximum atomic E-state index is 13.0. The molecule has 0 saturated carbocycles. The van der Waals surface area contributed by atoms with E-state index >= 15 is 0 Å². The summed E-state index contributed by atoms with van der Waals surface area (Å²) < 4.78 is 5.27. The van der Waals surface area contributed by atoms with Crippen LogP contribution in [-0.2, 0) is 0 Å². The summed E-state index contributed by atoms with van der Waals surface area (Å²) in [5, 5.41) is 10.2. The molecule has 4 rings (SSSR count). The molecule has 2 aromatic carbocycles. The van der Waals surface area contributed by atoms with Crippen LogP contribution in [0.25, 0.3) is 11.3 Å². The van der Waals surface area contributed by atoms with Gasteiger partial charge in [0.25, 0.3) is 5.91 Å². The van der Waals surface area contributed by atoms with Crippen molar-refractivity contribution in [3.8, 4) is 17.0 Å². The van der Waals surface area contributed by atoms with Gasteiger partial charge in [-0.15, -0.1) is 0 Å². The Labute approximate surface area is 175 Å². The second-order valence-electron chi connectivity index (χ2n) is 7.00. The number of aryl methyl sites for hydroxylation is 1. The number of amides is 1. The van der Waals surface area contributed by atoms with Crippen LogP contribution in [0, 0.1) is 6.92 Å². The topological polar surface area (TPSA) is 79.9 Å². The van der Waals surface area contributed by atoms with Crippen LogP contribution in [-0.4, -0.2) is 28.2 Å². The number of rotatable bonds is 6. The highest BCUT2D eigenvalue weighted by molar-refractivity contribution is 5.93. The summed E-state index contributed by atoms with van der Waals surface area (Å²) in [7, 11) is 1.62. The Balaban J connectivity index is 1.60. The van der Waals surface area contributed by atoms with Crippen molar-refractivity contribution in [2.24, 2.45) is 0 Å². The summed E-state index contributed by atoms with van der Waals surface area (Å²) in [4.78, 5) is 17.2. The van der Waals surface area contributed by atoms with Crippen molar-refractivity contribution in [2.75, 3.05) is 7.11 Å². The maximum absolute atomic E-state index is 13.0. The molecule has 1 amide bonds. The van der Waals surface area contributed by atoms with Crippen LogP contribution in [0.5, 0.6) is 5.75 Å². The molecule has 30 heavy (non-hydrogen) atoms. The maximum Gasteiger partial charge on any atom is 0.270 e.